The average Bonchev–Trinajstić information content (AvgIpc) is 2.75. The summed E-state index contributed by atoms with van der Waals surface area (Å²) in [6.45, 7) is 10.9. The van der Waals surface area contributed by atoms with Gasteiger partial charge in [-0.15, -0.1) is 5.10 Å². The molecular formula is C12H24N4O. The van der Waals surface area contributed by atoms with E-state index in [1.54, 1.807) is 0 Å². The fourth-order valence-corrected chi connectivity index (χ4v) is 1.98. The van der Waals surface area contributed by atoms with E-state index in [4.69, 9.17) is 4.74 Å². The molecular weight excluding hydrogens is 216 g/mol. The molecule has 0 spiro atoms. The van der Waals surface area contributed by atoms with Gasteiger partial charge in [-0.05, 0) is 26.8 Å². The second-order valence-electron chi connectivity index (χ2n) is 4.08. The van der Waals surface area contributed by atoms with Gasteiger partial charge in [0.05, 0.1) is 24.0 Å². The molecule has 17 heavy (non-hydrogen) atoms. The third-order valence-corrected chi connectivity index (χ3v) is 2.72. The van der Waals surface area contributed by atoms with E-state index < -0.39 is 0 Å². The van der Waals surface area contributed by atoms with Gasteiger partial charge in [0.25, 0.3) is 0 Å². The third-order valence-electron chi connectivity index (χ3n) is 2.72. The van der Waals surface area contributed by atoms with Crippen LogP contribution < -0.4 is 5.32 Å². The predicted molar refractivity (Wildman–Crippen MR) is 67.8 cm³/mol. The summed E-state index contributed by atoms with van der Waals surface area (Å²) in [4.78, 5) is 0. The first kappa shape index (κ1) is 14.1. The second-order valence-corrected chi connectivity index (χ2v) is 4.08. The molecule has 0 aliphatic rings. The zero-order valence-corrected chi connectivity index (χ0v) is 11.3. The van der Waals surface area contributed by atoms with Crippen LogP contribution in [0.3, 0.4) is 0 Å². The Labute approximate surface area is 104 Å². The number of hydrogen-bond donors (Lipinski definition) is 1. The molecule has 1 aromatic heterocycles. The van der Waals surface area contributed by atoms with Crippen LogP contribution >= 0.6 is 0 Å². The Bertz CT molecular complexity index is 313. The van der Waals surface area contributed by atoms with Crippen molar-refractivity contribution in [2.75, 3.05) is 13.2 Å². The van der Waals surface area contributed by atoms with E-state index in [9.17, 15) is 0 Å². The SMILES string of the molecule is CCCn1nncc1C(NCC)C(C)OCC. The van der Waals surface area contributed by atoms with Crippen LogP contribution in [0.4, 0.5) is 0 Å². The highest BCUT2D eigenvalue weighted by molar-refractivity contribution is 5.04. The van der Waals surface area contributed by atoms with E-state index in [1.165, 1.54) is 0 Å². The molecule has 0 aliphatic carbocycles. The summed E-state index contributed by atoms with van der Waals surface area (Å²) in [5.74, 6) is 0. The topological polar surface area (TPSA) is 52.0 Å². The highest BCUT2D eigenvalue weighted by Gasteiger charge is 2.22. The Morgan fingerprint density at radius 1 is 1.41 bits per heavy atom. The molecule has 0 saturated carbocycles. The summed E-state index contributed by atoms with van der Waals surface area (Å²) in [6, 6.07) is 0.154. The van der Waals surface area contributed by atoms with Crippen molar-refractivity contribution in [1.82, 2.24) is 20.3 Å². The minimum atomic E-state index is 0.119. The Morgan fingerprint density at radius 3 is 2.76 bits per heavy atom. The van der Waals surface area contributed by atoms with Crippen LogP contribution in [0.5, 0.6) is 0 Å². The number of hydrogen-bond acceptors (Lipinski definition) is 4. The Hall–Kier alpha value is -0.940. The summed E-state index contributed by atoms with van der Waals surface area (Å²) < 4.78 is 7.64. The Balaban J connectivity index is 2.84. The van der Waals surface area contributed by atoms with E-state index in [1.807, 2.05) is 17.8 Å². The number of nitrogens with zero attached hydrogens (tertiary/aromatic N) is 3. The van der Waals surface area contributed by atoms with E-state index in [-0.39, 0.29) is 12.1 Å². The number of aromatic nitrogens is 3. The smallest absolute Gasteiger partial charge is 0.0783 e. The van der Waals surface area contributed by atoms with Crippen molar-refractivity contribution in [2.45, 2.75) is 52.8 Å². The molecule has 0 bridgehead atoms. The Kier molecular flexibility index (Phi) is 6.15. The monoisotopic (exact) mass is 240 g/mol. The number of aryl methyl sites for hydroxylation is 1. The molecule has 0 amide bonds. The van der Waals surface area contributed by atoms with Crippen molar-refractivity contribution < 1.29 is 4.74 Å². The molecule has 0 aliphatic heterocycles. The molecule has 2 unspecified atom stereocenters. The van der Waals surface area contributed by atoms with Crippen molar-refractivity contribution in [1.29, 1.82) is 0 Å². The van der Waals surface area contributed by atoms with Gasteiger partial charge >= 0.3 is 0 Å². The van der Waals surface area contributed by atoms with E-state index in [0.29, 0.717) is 0 Å². The van der Waals surface area contributed by atoms with Gasteiger partial charge in [-0.3, -0.25) is 0 Å². The van der Waals surface area contributed by atoms with Crippen LogP contribution in [0.25, 0.3) is 0 Å². The lowest BCUT2D eigenvalue weighted by atomic mass is 10.1. The quantitative estimate of drug-likeness (QED) is 0.752. The maximum absolute atomic E-state index is 5.68. The summed E-state index contributed by atoms with van der Waals surface area (Å²) in [6.07, 6.45) is 3.01. The van der Waals surface area contributed by atoms with E-state index >= 15 is 0 Å². The molecule has 2 atom stereocenters. The molecule has 1 aromatic rings. The van der Waals surface area contributed by atoms with E-state index in [0.717, 1.165) is 31.8 Å². The van der Waals surface area contributed by atoms with Gasteiger partial charge in [0, 0.05) is 13.2 Å². The lowest BCUT2D eigenvalue weighted by Crippen LogP contribution is -2.33. The normalized spacial score (nSPS) is 14.8. The highest BCUT2D eigenvalue weighted by atomic mass is 16.5. The molecule has 0 radical (unpaired) electrons. The van der Waals surface area contributed by atoms with Crippen molar-refractivity contribution in [3.63, 3.8) is 0 Å². The average molecular weight is 240 g/mol. The van der Waals surface area contributed by atoms with Gasteiger partial charge in [-0.25, -0.2) is 4.68 Å². The van der Waals surface area contributed by atoms with Crippen LogP contribution in [0.15, 0.2) is 6.20 Å². The first-order valence-electron chi connectivity index (χ1n) is 6.47. The van der Waals surface area contributed by atoms with Crippen LogP contribution in [0, 0.1) is 0 Å². The van der Waals surface area contributed by atoms with Crippen LogP contribution in [-0.2, 0) is 11.3 Å². The lowest BCUT2D eigenvalue weighted by molar-refractivity contribution is 0.0452. The number of likely N-dealkylation sites (N-methyl/N-ethyl adjacent to an activating group) is 1. The summed E-state index contributed by atoms with van der Waals surface area (Å²) in [5.41, 5.74) is 1.11. The van der Waals surface area contributed by atoms with Gasteiger partial charge in [-0.1, -0.05) is 19.1 Å². The first-order valence-corrected chi connectivity index (χ1v) is 6.47. The summed E-state index contributed by atoms with van der Waals surface area (Å²) in [5, 5.41) is 11.6. The molecule has 0 fully saturated rings. The molecule has 5 heteroatoms. The predicted octanol–water partition coefficient (Wildman–Crippen LogP) is 1.76. The van der Waals surface area contributed by atoms with Gasteiger partial charge in [0.2, 0.25) is 0 Å². The lowest BCUT2D eigenvalue weighted by Gasteiger charge is -2.24. The minimum absolute atomic E-state index is 0.119. The van der Waals surface area contributed by atoms with Gasteiger partial charge < -0.3 is 10.1 Å². The highest BCUT2D eigenvalue weighted by Crippen LogP contribution is 2.18. The van der Waals surface area contributed by atoms with Crippen molar-refractivity contribution >= 4 is 0 Å². The molecule has 98 valence electrons. The molecule has 0 aromatic carbocycles. The van der Waals surface area contributed by atoms with Crippen molar-refractivity contribution in [3.8, 4) is 0 Å². The standard InChI is InChI=1S/C12H24N4O/c1-5-8-16-11(9-14-15-16)12(13-6-2)10(4)17-7-3/h9-10,12-13H,5-8H2,1-4H3. The van der Waals surface area contributed by atoms with Gasteiger partial charge in [-0.2, -0.15) is 0 Å². The van der Waals surface area contributed by atoms with Gasteiger partial charge in [0.15, 0.2) is 0 Å². The first-order chi connectivity index (χ1) is 8.24. The zero-order chi connectivity index (χ0) is 12.7. The fourth-order valence-electron chi connectivity index (χ4n) is 1.98. The molecule has 1 N–H and O–H groups in total. The fraction of sp³-hybridized carbons (Fsp3) is 0.833. The number of rotatable bonds is 8. The second kappa shape index (κ2) is 7.40. The summed E-state index contributed by atoms with van der Waals surface area (Å²) in [7, 11) is 0. The maximum Gasteiger partial charge on any atom is 0.0783 e. The molecule has 5 nitrogen and oxygen atoms in total. The molecule has 1 rings (SSSR count). The minimum Gasteiger partial charge on any atom is -0.377 e. The van der Waals surface area contributed by atoms with Crippen LogP contribution in [-0.4, -0.2) is 34.2 Å². The number of ether oxygens (including phenoxy) is 1. The molecule has 0 saturated heterocycles. The Morgan fingerprint density at radius 2 is 2.18 bits per heavy atom. The van der Waals surface area contributed by atoms with Crippen LogP contribution in [0.1, 0.15) is 45.9 Å². The summed E-state index contributed by atoms with van der Waals surface area (Å²) >= 11 is 0. The molecule has 1 heterocycles. The number of nitrogens with one attached hydrogen (secondary N) is 1. The van der Waals surface area contributed by atoms with Crippen molar-refractivity contribution in [2.24, 2.45) is 0 Å². The van der Waals surface area contributed by atoms with Gasteiger partial charge in [0.1, 0.15) is 0 Å². The van der Waals surface area contributed by atoms with Crippen molar-refractivity contribution in [3.05, 3.63) is 11.9 Å². The zero-order valence-electron chi connectivity index (χ0n) is 11.3. The third kappa shape index (κ3) is 3.78. The van der Waals surface area contributed by atoms with Crippen LogP contribution in [0.2, 0.25) is 0 Å². The maximum atomic E-state index is 5.68. The van der Waals surface area contributed by atoms with E-state index in [2.05, 4.69) is 36.4 Å². The largest absolute Gasteiger partial charge is 0.377 e.